The van der Waals surface area contributed by atoms with E-state index in [9.17, 15) is 4.79 Å². The van der Waals surface area contributed by atoms with Gasteiger partial charge in [-0.1, -0.05) is 12.1 Å². The zero-order valence-corrected chi connectivity index (χ0v) is 12.6. The van der Waals surface area contributed by atoms with Crippen molar-refractivity contribution in [2.75, 3.05) is 13.7 Å². The number of ether oxygens (including phenoxy) is 1. The van der Waals surface area contributed by atoms with Crippen LogP contribution in [0.4, 0.5) is 0 Å². The van der Waals surface area contributed by atoms with E-state index in [4.69, 9.17) is 10.5 Å². The fourth-order valence-electron chi connectivity index (χ4n) is 2.23. The summed E-state index contributed by atoms with van der Waals surface area (Å²) in [5.74, 6) is 1.52. The molecule has 20 heavy (non-hydrogen) atoms. The maximum atomic E-state index is 11.9. The minimum atomic E-state index is 0. The van der Waals surface area contributed by atoms with Gasteiger partial charge < -0.3 is 15.8 Å². The third-order valence-corrected chi connectivity index (χ3v) is 3.57. The average Bonchev–Trinajstić information content (AvgIpc) is 3.27. The maximum Gasteiger partial charge on any atom is 0.220 e. The van der Waals surface area contributed by atoms with Crippen LogP contribution in [-0.2, 0) is 11.2 Å². The van der Waals surface area contributed by atoms with Gasteiger partial charge >= 0.3 is 0 Å². The number of carbonyl (C=O) groups is 1. The molecule has 1 atom stereocenters. The van der Waals surface area contributed by atoms with Gasteiger partial charge in [0.05, 0.1) is 7.11 Å². The first-order valence-corrected chi connectivity index (χ1v) is 6.85. The van der Waals surface area contributed by atoms with Crippen LogP contribution in [0.1, 0.15) is 24.8 Å². The first-order chi connectivity index (χ1) is 9.22. The molecule has 1 aromatic carbocycles. The summed E-state index contributed by atoms with van der Waals surface area (Å²) in [6, 6.07) is 7.99. The number of amides is 1. The van der Waals surface area contributed by atoms with E-state index in [0.29, 0.717) is 18.9 Å². The minimum Gasteiger partial charge on any atom is -0.497 e. The first kappa shape index (κ1) is 16.8. The van der Waals surface area contributed by atoms with Crippen LogP contribution in [0, 0.1) is 5.92 Å². The van der Waals surface area contributed by atoms with Crippen molar-refractivity contribution in [3.63, 3.8) is 0 Å². The van der Waals surface area contributed by atoms with Crippen molar-refractivity contribution in [1.29, 1.82) is 0 Å². The molecule has 0 heterocycles. The van der Waals surface area contributed by atoms with E-state index in [0.717, 1.165) is 17.7 Å². The lowest BCUT2D eigenvalue weighted by molar-refractivity contribution is -0.121. The Kier molecular flexibility index (Phi) is 6.82. The molecular formula is C15H23ClN2O2. The molecule has 0 radical (unpaired) electrons. The number of hydrogen-bond donors (Lipinski definition) is 2. The van der Waals surface area contributed by atoms with Crippen LogP contribution in [-0.4, -0.2) is 25.6 Å². The van der Waals surface area contributed by atoms with E-state index in [1.807, 2.05) is 24.3 Å². The lowest BCUT2D eigenvalue weighted by Crippen LogP contribution is -2.41. The second kappa shape index (κ2) is 8.12. The Morgan fingerprint density at radius 2 is 2.25 bits per heavy atom. The Hall–Kier alpha value is -1.26. The van der Waals surface area contributed by atoms with Crippen molar-refractivity contribution < 1.29 is 9.53 Å². The van der Waals surface area contributed by atoms with Crippen molar-refractivity contribution in [3.8, 4) is 5.75 Å². The van der Waals surface area contributed by atoms with Gasteiger partial charge in [-0.3, -0.25) is 4.79 Å². The second-order valence-corrected chi connectivity index (χ2v) is 5.10. The smallest absolute Gasteiger partial charge is 0.220 e. The molecule has 1 fully saturated rings. The molecule has 1 saturated carbocycles. The SMILES string of the molecule is COc1cccc(CCC(=O)NC(CN)C2CC2)c1.Cl. The molecule has 0 aromatic heterocycles. The number of methoxy groups -OCH3 is 1. The third-order valence-electron chi connectivity index (χ3n) is 3.57. The van der Waals surface area contributed by atoms with Gasteiger partial charge in [-0.05, 0) is 42.9 Å². The topological polar surface area (TPSA) is 64.3 Å². The Bertz CT molecular complexity index is 436. The standard InChI is InChI=1S/C15H22N2O2.ClH/c1-19-13-4-2-3-11(9-13)5-8-15(18)17-14(10-16)12-6-7-12;/h2-4,9,12,14H,5-8,10,16H2,1H3,(H,17,18);1H. The van der Waals surface area contributed by atoms with Crippen LogP contribution < -0.4 is 15.8 Å². The molecular weight excluding hydrogens is 276 g/mol. The summed E-state index contributed by atoms with van der Waals surface area (Å²) < 4.78 is 5.17. The zero-order chi connectivity index (χ0) is 13.7. The van der Waals surface area contributed by atoms with Gasteiger partial charge in [-0.25, -0.2) is 0 Å². The molecule has 0 bridgehead atoms. The van der Waals surface area contributed by atoms with Crippen LogP contribution in [0.15, 0.2) is 24.3 Å². The first-order valence-electron chi connectivity index (χ1n) is 6.85. The van der Waals surface area contributed by atoms with Gasteiger partial charge in [0.25, 0.3) is 0 Å². The van der Waals surface area contributed by atoms with Crippen molar-refractivity contribution in [1.82, 2.24) is 5.32 Å². The third kappa shape index (κ3) is 5.02. The van der Waals surface area contributed by atoms with E-state index >= 15 is 0 Å². The van der Waals surface area contributed by atoms with Crippen LogP contribution in [0.5, 0.6) is 5.75 Å². The quantitative estimate of drug-likeness (QED) is 0.808. The van der Waals surface area contributed by atoms with Gasteiger partial charge in [0, 0.05) is 19.0 Å². The molecule has 1 aliphatic rings. The molecule has 1 amide bonds. The van der Waals surface area contributed by atoms with Gasteiger partial charge in [-0.2, -0.15) is 0 Å². The lowest BCUT2D eigenvalue weighted by atomic mass is 10.1. The molecule has 2 rings (SSSR count). The molecule has 1 aliphatic carbocycles. The van der Waals surface area contributed by atoms with Gasteiger partial charge in [0.15, 0.2) is 0 Å². The van der Waals surface area contributed by atoms with Crippen LogP contribution in [0.2, 0.25) is 0 Å². The highest BCUT2D eigenvalue weighted by Crippen LogP contribution is 2.32. The highest BCUT2D eigenvalue weighted by molar-refractivity contribution is 5.85. The van der Waals surface area contributed by atoms with Crippen LogP contribution in [0.3, 0.4) is 0 Å². The molecule has 0 aliphatic heterocycles. The normalized spacial score (nSPS) is 15.1. The van der Waals surface area contributed by atoms with Crippen molar-refractivity contribution >= 4 is 18.3 Å². The Labute approximate surface area is 126 Å². The summed E-state index contributed by atoms with van der Waals surface area (Å²) in [6.07, 6.45) is 3.61. The fraction of sp³-hybridized carbons (Fsp3) is 0.533. The molecule has 1 unspecified atom stereocenters. The highest BCUT2D eigenvalue weighted by Gasteiger charge is 2.30. The monoisotopic (exact) mass is 298 g/mol. The van der Waals surface area contributed by atoms with Gasteiger partial charge in [0.1, 0.15) is 5.75 Å². The van der Waals surface area contributed by atoms with E-state index in [1.54, 1.807) is 7.11 Å². The molecule has 1 aromatic rings. The number of hydrogen-bond acceptors (Lipinski definition) is 3. The molecule has 4 nitrogen and oxygen atoms in total. The Morgan fingerprint density at radius 1 is 1.50 bits per heavy atom. The summed E-state index contributed by atoms with van der Waals surface area (Å²) in [5.41, 5.74) is 6.79. The minimum absolute atomic E-state index is 0. The molecule has 3 N–H and O–H groups in total. The van der Waals surface area contributed by atoms with Crippen molar-refractivity contribution in [2.24, 2.45) is 11.7 Å². The molecule has 5 heteroatoms. The van der Waals surface area contributed by atoms with Crippen LogP contribution >= 0.6 is 12.4 Å². The van der Waals surface area contributed by atoms with Crippen LogP contribution in [0.25, 0.3) is 0 Å². The number of halogens is 1. The Morgan fingerprint density at radius 3 is 2.85 bits per heavy atom. The number of rotatable bonds is 7. The van der Waals surface area contributed by atoms with E-state index in [1.165, 1.54) is 12.8 Å². The van der Waals surface area contributed by atoms with Crippen molar-refractivity contribution in [3.05, 3.63) is 29.8 Å². The summed E-state index contributed by atoms with van der Waals surface area (Å²) in [6.45, 7) is 0.537. The number of carbonyl (C=O) groups excluding carboxylic acids is 1. The van der Waals surface area contributed by atoms with E-state index in [2.05, 4.69) is 5.32 Å². The summed E-state index contributed by atoms with van der Waals surface area (Å²) in [5, 5.41) is 3.03. The number of benzene rings is 1. The summed E-state index contributed by atoms with van der Waals surface area (Å²) in [7, 11) is 1.65. The maximum absolute atomic E-state index is 11.9. The molecule has 112 valence electrons. The zero-order valence-electron chi connectivity index (χ0n) is 11.8. The summed E-state index contributed by atoms with van der Waals surface area (Å²) >= 11 is 0. The Balaban J connectivity index is 0.00000200. The number of nitrogens with one attached hydrogen (secondary N) is 1. The fourth-order valence-corrected chi connectivity index (χ4v) is 2.23. The number of aryl methyl sites for hydroxylation is 1. The average molecular weight is 299 g/mol. The second-order valence-electron chi connectivity index (χ2n) is 5.10. The molecule has 0 saturated heterocycles. The predicted molar refractivity (Wildman–Crippen MR) is 82.3 cm³/mol. The van der Waals surface area contributed by atoms with E-state index < -0.39 is 0 Å². The largest absolute Gasteiger partial charge is 0.497 e. The van der Waals surface area contributed by atoms with E-state index in [-0.39, 0.29) is 24.4 Å². The molecule has 0 spiro atoms. The van der Waals surface area contributed by atoms with Gasteiger partial charge in [-0.15, -0.1) is 12.4 Å². The lowest BCUT2D eigenvalue weighted by Gasteiger charge is -2.15. The number of nitrogens with two attached hydrogens (primary N) is 1. The highest BCUT2D eigenvalue weighted by atomic mass is 35.5. The summed E-state index contributed by atoms with van der Waals surface area (Å²) in [4.78, 5) is 11.9. The predicted octanol–water partition coefficient (Wildman–Crippen LogP) is 1.90. The van der Waals surface area contributed by atoms with Crippen molar-refractivity contribution in [2.45, 2.75) is 31.7 Å². The van der Waals surface area contributed by atoms with Gasteiger partial charge in [0.2, 0.25) is 5.91 Å².